The number of likely N-dealkylation sites (N-methyl/N-ethyl adjacent to an activating group) is 2. The zero-order valence-corrected chi connectivity index (χ0v) is 12.5. The SMILES string of the molecule is CCCC1CCC(C#N)C(N(C)CCN(C)C)C1. The smallest absolute Gasteiger partial charge is 0.0672 e. The minimum atomic E-state index is 0.241. The molecular formula is C15H29N3. The molecule has 3 nitrogen and oxygen atoms in total. The van der Waals surface area contributed by atoms with E-state index in [1.54, 1.807) is 0 Å². The van der Waals surface area contributed by atoms with Crippen molar-refractivity contribution in [1.82, 2.24) is 9.80 Å². The molecule has 1 rings (SSSR count). The lowest BCUT2D eigenvalue weighted by Crippen LogP contribution is -2.44. The number of nitrogens with zero attached hydrogens (tertiary/aromatic N) is 3. The molecule has 104 valence electrons. The van der Waals surface area contributed by atoms with Gasteiger partial charge in [0.1, 0.15) is 0 Å². The van der Waals surface area contributed by atoms with Crippen LogP contribution in [0.15, 0.2) is 0 Å². The van der Waals surface area contributed by atoms with Crippen molar-refractivity contribution < 1.29 is 0 Å². The highest BCUT2D eigenvalue weighted by Crippen LogP contribution is 2.33. The van der Waals surface area contributed by atoms with Gasteiger partial charge in [0.2, 0.25) is 0 Å². The second-order valence-electron chi connectivity index (χ2n) is 6.05. The lowest BCUT2D eigenvalue weighted by atomic mass is 9.76. The highest BCUT2D eigenvalue weighted by atomic mass is 15.2. The van der Waals surface area contributed by atoms with Crippen LogP contribution in [0, 0.1) is 23.2 Å². The van der Waals surface area contributed by atoms with Gasteiger partial charge in [-0.2, -0.15) is 5.26 Å². The zero-order valence-electron chi connectivity index (χ0n) is 12.5. The molecular weight excluding hydrogens is 222 g/mol. The normalized spacial score (nSPS) is 28.6. The standard InChI is InChI=1S/C15H29N3/c1-5-6-13-7-8-14(12-16)15(11-13)18(4)10-9-17(2)3/h13-15H,5-11H2,1-4H3. The van der Waals surface area contributed by atoms with Crippen LogP contribution in [0.1, 0.15) is 39.0 Å². The van der Waals surface area contributed by atoms with Crippen LogP contribution in [0.5, 0.6) is 0 Å². The van der Waals surface area contributed by atoms with Crippen molar-refractivity contribution in [2.45, 2.75) is 45.1 Å². The molecule has 3 unspecified atom stereocenters. The van der Waals surface area contributed by atoms with E-state index >= 15 is 0 Å². The van der Waals surface area contributed by atoms with Crippen LogP contribution in [0.4, 0.5) is 0 Å². The topological polar surface area (TPSA) is 30.3 Å². The third kappa shape index (κ3) is 4.59. The van der Waals surface area contributed by atoms with Crippen LogP contribution in [0.25, 0.3) is 0 Å². The quantitative estimate of drug-likeness (QED) is 0.727. The molecule has 0 aliphatic heterocycles. The van der Waals surface area contributed by atoms with Crippen molar-refractivity contribution in [3.8, 4) is 6.07 Å². The maximum absolute atomic E-state index is 9.32. The van der Waals surface area contributed by atoms with Crippen molar-refractivity contribution in [2.75, 3.05) is 34.2 Å². The Labute approximate surface area is 113 Å². The van der Waals surface area contributed by atoms with Crippen molar-refractivity contribution in [1.29, 1.82) is 5.26 Å². The van der Waals surface area contributed by atoms with Gasteiger partial charge in [0.25, 0.3) is 0 Å². The molecule has 1 saturated carbocycles. The highest BCUT2D eigenvalue weighted by molar-refractivity contribution is 4.97. The van der Waals surface area contributed by atoms with Gasteiger partial charge in [-0.15, -0.1) is 0 Å². The summed E-state index contributed by atoms with van der Waals surface area (Å²) in [5.74, 6) is 1.08. The predicted octanol–water partition coefficient (Wildman–Crippen LogP) is 2.59. The van der Waals surface area contributed by atoms with Crippen molar-refractivity contribution in [2.24, 2.45) is 11.8 Å². The summed E-state index contributed by atoms with van der Waals surface area (Å²) in [5, 5.41) is 9.32. The Bertz CT molecular complexity index is 269. The minimum absolute atomic E-state index is 0.241. The van der Waals surface area contributed by atoms with Gasteiger partial charge in [-0.25, -0.2) is 0 Å². The van der Waals surface area contributed by atoms with Gasteiger partial charge < -0.3 is 9.80 Å². The lowest BCUT2D eigenvalue weighted by Gasteiger charge is -2.38. The molecule has 1 aliphatic carbocycles. The van der Waals surface area contributed by atoms with E-state index in [4.69, 9.17) is 0 Å². The minimum Gasteiger partial charge on any atom is -0.308 e. The molecule has 1 aliphatic rings. The van der Waals surface area contributed by atoms with Gasteiger partial charge in [0.05, 0.1) is 12.0 Å². The van der Waals surface area contributed by atoms with Crippen LogP contribution in [-0.4, -0.2) is 50.1 Å². The monoisotopic (exact) mass is 251 g/mol. The van der Waals surface area contributed by atoms with Crippen LogP contribution in [0.3, 0.4) is 0 Å². The molecule has 0 N–H and O–H groups in total. The summed E-state index contributed by atoms with van der Waals surface area (Å²) in [6, 6.07) is 3.00. The van der Waals surface area contributed by atoms with E-state index < -0.39 is 0 Å². The van der Waals surface area contributed by atoms with Crippen molar-refractivity contribution >= 4 is 0 Å². The first-order chi connectivity index (χ1) is 8.58. The zero-order chi connectivity index (χ0) is 13.5. The highest BCUT2D eigenvalue weighted by Gasteiger charge is 2.32. The summed E-state index contributed by atoms with van der Waals surface area (Å²) in [5.41, 5.74) is 0. The second-order valence-corrected chi connectivity index (χ2v) is 6.05. The van der Waals surface area contributed by atoms with Crippen molar-refractivity contribution in [3.63, 3.8) is 0 Å². The molecule has 0 aromatic heterocycles. The summed E-state index contributed by atoms with van der Waals surface area (Å²) in [7, 11) is 6.40. The first kappa shape index (κ1) is 15.5. The summed E-state index contributed by atoms with van der Waals surface area (Å²) in [6.45, 7) is 4.40. The van der Waals surface area contributed by atoms with Gasteiger partial charge in [-0.05, 0) is 46.3 Å². The predicted molar refractivity (Wildman–Crippen MR) is 76.3 cm³/mol. The van der Waals surface area contributed by atoms with Crippen LogP contribution >= 0.6 is 0 Å². The van der Waals surface area contributed by atoms with E-state index in [0.717, 1.165) is 25.4 Å². The Morgan fingerprint density at radius 3 is 2.44 bits per heavy atom. The van der Waals surface area contributed by atoms with Crippen molar-refractivity contribution in [3.05, 3.63) is 0 Å². The molecule has 0 aromatic carbocycles. The number of hydrogen-bond donors (Lipinski definition) is 0. The maximum Gasteiger partial charge on any atom is 0.0672 e. The molecule has 0 aromatic rings. The fourth-order valence-electron chi connectivity index (χ4n) is 3.06. The molecule has 0 amide bonds. The summed E-state index contributed by atoms with van der Waals surface area (Å²) < 4.78 is 0. The van der Waals surface area contributed by atoms with E-state index in [2.05, 4.69) is 43.9 Å². The molecule has 1 fully saturated rings. The number of rotatable bonds is 6. The average Bonchev–Trinajstić information content (AvgIpc) is 2.36. The van der Waals surface area contributed by atoms with E-state index in [-0.39, 0.29) is 5.92 Å². The lowest BCUT2D eigenvalue weighted by molar-refractivity contribution is 0.114. The van der Waals surface area contributed by atoms with Gasteiger partial charge in [-0.1, -0.05) is 19.8 Å². The molecule has 0 radical (unpaired) electrons. The largest absolute Gasteiger partial charge is 0.308 e. The maximum atomic E-state index is 9.32. The Hall–Kier alpha value is -0.590. The molecule has 0 spiro atoms. The molecule has 18 heavy (non-hydrogen) atoms. The molecule has 0 saturated heterocycles. The summed E-state index contributed by atoms with van der Waals surface area (Å²) in [6.07, 6.45) is 6.17. The molecule has 3 atom stereocenters. The van der Waals surface area contributed by atoms with E-state index in [1.807, 2.05) is 0 Å². The number of nitriles is 1. The second kappa shape index (κ2) is 7.76. The fourth-order valence-corrected chi connectivity index (χ4v) is 3.06. The van der Waals surface area contributed by atoms with Crippen LogP contribution < -0.4 is 0 Å². The van der Waals surface area contributed by atoms with E-state index in [1.165, 1.54) is 25.7 Å². The first-order valence-electron chi connectivity index (χ1n) is 7.33. The fraction of sp³-hybridized carbons (Fsp3) is 0.933. The molecule has 3 heteroatoms. The van der Waals surface area contributed by atoms with E-state index in [0.29, 0.717) is 6.04 Å². The third-order valence-corrected chi connectivity index (χ3v) is 4.25. The molecule has 0 bridgehead atoms. The first-order valence-corrected chi connectivity index (χ1v) is 7.33. The van der Waals surface area contributed by atoms with Crippen LogP contribution in [-0.2, 0) is 0 Å². The van der Waals surface area contributed by atoms with Gasteiger partial charge >= 0.3 is 0 Å². The van der Waals surface area contributed by atoms with Gasteiger partial charge in [0.15, 0.2) is 0 Å². The van der Waals surface area contributed by atoms with E-state index in [9.17, 15) is 5.26 Å². The van der Waals surface area contributed by atoms with Gasteiger partial charge in [0, 0.05) is 19.1 Å². The Balaban J connectivity index is 2.53. The summed E-state index contributed by atoms with van der Waals surface area (Å²) >= 11 is 0. The van der Waals surface area contributed by atoms with Crippen LogP contribution in [0.2, 0.25) is 0 Å². The van der Waals surface area contributed by atoms with Gasteiger partial charge in [-0.3, -0.25) is 0 Å². The summed E-state index contributed by atoms with van der Waals surface area (Å²) in [4.78, 5) is 4.62. The average molecular weight is 251 g/mol. The Morgan fingerprint density at radius 1 is 1.17 bits per heavy atom. The Kier molecular flexibility index (Phi) is 6.67. The molecule has 0 heterocycles. The Morgan fingerprint density at radius 2 is 1.89 bits per heavy atom. The number of hydrogen-bond acceptors (Lipinski definition) is 3. The third-order valence-electron chi connectivity index (χ3n) is 4.25.